The summed E-state index contributed by atoms with van der Waals surface area (Å²) >= 11 is 0. The number of nitrogens with zero attached hydrogens (tertiary/aromatic N) is 2. The van der Waals surface area contributed by atoms with E-state index in [1.807, 2.05) is 4.57 Å². The van der Waals surface area contributed by atoms with E-state index in [4.69, 9.17) is 14.2 Å². The molecule has 2 aromatic carbocycles. The Morgan fingerprint density at radius 1 is 0.903 bits per heavy atom. The quantitative estimate of drug-likeness (QED) is 0.432. The maximum Gasteiger partial charge on any atom is 0.416 e. The summed E-state index contributed by atoms with van der Waals surface area (Å²) < 4.78 is 57.3. The number of methoxy groups -OCH3 is 3. The normalized spacial score (nSPS) is 11.5. The standard InChI is InChI=1S/C23H25F3N2O3/c1-5-6-11-28-14-27-20(16-12-18(29-2)22(31-4)19(13-16)30-3)21(28)15-7-9-17(10-8-15)23(24,25)26/h7-10,12-14H,5-6,11H2,1-4H3. The monoisotopic (exact) mass is 434 g/mol. The first-order chi connectivity index (χ1) is 14.8. The fraction of sp³-hybridized carbons (Fsp3) is 0.348. The van der Waals surface area contributed by atoms with Crippen molar-refractivity contribution < 1.29 is 27.4 Å². The van der Waals surface area contributed by atoms with Crippen molar-refractivity contribution in [2.45, 2.75) is 32.5 Å². The Morgan fingerprint density at radius 3 is 2.00 bits per heavy atom. The minimum Gasteiger partial charge on any atom is -0.493 e. The molecule has 3 rings (SSSR count). The zero-order chi connectivity index (χ0) is 22.6. The number of alkyl halides is 3. The number of imidazole rings is 1. The van der Waals surface area contributed by atoms with Crippen molar-refractivity contribution in [3.63, 3.8) is 0 Å². The molecule has 0 saturated heterocycles. The van der Waals surface area contributed by atoms with Crippen LogP contribution in [0.1, 0.15) is 25.3 Å². The lowest BCUT2D eigenvalue weighted by atomic mass is 10.0. The highest BCUT2D eigenvalue weighted by molar-refractivity contribution is 5.81. The van der Waals surface area contributed by atoms with Crippen molar-refractivity contribution in [3.05, 3.63) is 48.3 Å². The van der Waals surface area contributed by atoms with Crippen LogP contribution in [0.5, 0.6) is 17.2 Å². The smallest absolute Gasteiger partial charge is 0.416 e. The van der Waals surface area contributed by atoms with E-state index in [1.165, 1.54) is 33.5 Å². The average molecular weight is 434 g/mol. The summed E-state index contributed by atoms with van der Waals surface area (Å²) in [6, 6.07) is 8.69. The second-order valence-corrected chi connectivity index (χ2v) is 6.98. The van der Waals surface area contributed by atoms with E-state index in [0.29, 0.717) is 40.6 Å². The Morgan fingerprint density at radius 2 is 1.52 bits per heavy atom. The largest absolute Gasteiger partial charge is 0.493 e. The zero-order valence-corrected chi connectivity index (χ0v) is 17.9. The van der Waals surface area contributed by atoms with Gasteiger partial charge in [-0.3, -0.25) is 0 Å². The Balaban J connectivity index is 2.17. The van der Waals surface area contributed by atoms with Crippen molar-refractivity contribution in [2.75, 3.05) is 21.3 Å². The van der Waals surface area contributed by atoms with Gasteiger partial charge < -0.3 is 18.8 Å². The molecule has 0 spiro atoms. The number of ether oxygens (including phenoxy) is 3. The lowest BCUT2D eigenvalue weighted by Gasteiger charge is -2.15. The molecule has 31 heavy (non-hydrogen) atoms. The van der Waals surface area contributed by atoms with Gasteiger partial charge >= 0.3 is 6.18 Å². The van der Waals surface area contributed by atoms with Gasteiger partial charge in [0.05, 0.1) is 44.6 Å². The first kappa shape index (κ1) is 22.5. The summed E-state index contributed by atoms with van der Waals surface area (Å²) in [6.45, 7) is 2.78. The molecule has 0 atom stereocenters. The van der Waals surface area contributed by atoms with Crippen LogP contribution >= 0.6 is 0 Å². The third-order valence-electron chi connectivity index (χ3n) is 5.01. The topological polar surface area (TPSA) is 45.5 Å². The number of unbranched alkanes of at least 4 members (excludes halogenated alkanes) is 1. The van der Waals surface area contributed by atoms with E-state index in [-0.39, 0.29) is 0 Å². The molecule has 0 radical (unpaired) electrons. The van der Waals surface area contributed by atoms with E-state index in [1.54, 1.807) is 18.5 Å². The Labute approximate surface area is 179 Å². The minimum absolute atomic E-state index is 0.454. The Hall–Kier alpha value is -3.16. The number of aryl methyl sites for hydroxylation is 1. The highest BCUT2D eigenvalue weighted by atomic mass is 19.4. The molecule has 0 unspecified atom stereocenters. The van der Waals surface area contributed by atoms with Gasteiger partial charge in [0.25, 0.3) is 0 Å². The summed E-state index contributed by atoms with van der Waals surface area (Å²) in [5.41, 5.74) is 2.02. The first-order valence-corrected chi connectivity index (χ1v) is 9.87. The zero-order valence-electron chi connectivity index (χ0n) is 17.9. The van der Waals surface area contributed by atoms with E-state index in [9.17, 15) is 13.2 Å². The molecule has 166 valence electrons. The molecule has 0 fully saturated rings. The number of hydrogen-bond donors (Lipinski definition) is 0. The number of rotatable bonds is 8. The molecule has 0 aliphatic rings. The maximum atomic E-state index is 13.0. The molecule has 0 aliphatic heterocycles. The van der Waals surface area contributed by atoms with Gasteiger partial charge in [-0.15, -0.1) is 0 Å². The fourth-order valence-electron chi connectivity index (χ4n) is 3.43. The summed E-state index contributed by atoms with van der Waals surface area (Å²) in [5, 5.41) is 0. The highest BCUT2D eigenvalue weighted by Crippen LogP contribution is 2.43. The molecular formula is C23H25F3N2O3. The second-order valence-electron chi connectivity index (χ2n) is 6.98. The highest BCUT2D eigenvalue weighted by Gasteiger charge is 2.30. The number of hydrogen-bond acceptors (Lipinski definition) is 4. The summed E-state index contributed by atoms with van der Waals surface area (Å²) in [4.78, 5) is 4.58. The molecule has 8 heteroatoms. The summed E-state index contributed by atoms with van der Waals surface area (Å²) in [5.74, 6) is 1.40. The Kier molecular flexibility index (Phi) is 6.77. The predicted molar refractivity (Wildman–Crippen MR) is 113 cm³/mol. The molecule has 0 bridgehead atoms. The maximum absolute atomic E-state index is 13.0. The second kappa shape index (κ2) is 9.32. The van der Waals surface area contributed by atoms with Crippen molar-refractivity contribution in [1.82, 2.24) is 9.55 Å². The molecule has 3 aromatic rings. The van der Waals surface area contributed by atoms with Crippen LogP contribution in [-0.4, -0.2) is 30.9 Å². The average Bonchev–Trinajstić information content (AvgIpc) is 3.19. The summed E-state index contributed by atoms with van der Waals surface area (Å²) in [7, 11) is 4.57. The SMILES string of the molecule is CCCCn1cnc(-c2cc(OC)c(OC)c(OC)c2)c1-c1ccc(C(F)(F)F)cc1. The van der Waals surface area contributed by atoms with Gasteiger partial charge in [-0.05, 0) is 30.7 Å². The third kappa shape index (κ3) is 4.62. The van der Waals surface area contributed by atoms with Crippen LogP contribution in [0.15, 0.2) is 42.7 Å². The molecule has 5 nitrogen and oxygen atoms in total. The van der Waals surface area contributed by atoms with Crippen LogP contribution in [0.25, 0.3) is 22.5 Å². The van der Waals surface area contributed by atoms with E-state index in [2.05, 4.69) is 11.9 Å². The first-order valence-electron chi connectivity index (χ1n) is 9.87. The van der Waals surface area contributed by atoms with Crippen LogP contribution in [0.4, 0.5) is 13.2 Å². The predicted octanol–water partition coefficient (Wildman–Crippen LogP) is 6.06. The van der Waals surface area contributed by atoms with Gasteiger partial charge in [0.2, 0.25) is 5.75 Å². The van der Waals surface area contributed by atoms with Gasteiger partial charge in [-0.25, -0.2) is 4.98 Å². The van der Waals surface area contributed by atoms with E-state index in [0.717, 1.165) is 30.7 Å². The van der Waals surface area contributed by atoms with Gasteiger partial charge in [0.1, 0.15) is 0 Å². The van der Waals surface area contributed by atoms with Gasteiger partial charge in [-0.1, -0.05) is 25.5 Å². The Bertz CT molecular complexity index is 1000. The van der Waals surface area contributed by atoms with Gasteiger partial charge in [-0.2, -0.15) is 13.2 Å². The molecule has 0 N–H and O–H groups in total. The molecular weight excluding hydrogens is 409 g/mol. The van der Waals surface area contributed by atoms with Crippen molar-refractivity contribution in [2.24, 2.45) is 0 Å². The van der Waals surface area contributed by atoms with Crippen molar-refractivity contribution in [3.8, 4) is 39.8 Å². The van der Waals surface area contributed by atoms with Crippen LogP contribution < -0.4 is 14.2 Å². The molecule has 0 amide bonds. The summed E-state index contributed by atoms with van der Waals surface area (Å²) in [6.07, 6.45) is -0.787. The molecule has 1 heterocycles. The number of benzene rings is 2. The molecule has 0 aliphatic carbocycles. The van der Waals surface area contributed by atoms with Gasteiger partial charge in [0.15, 0.2) is 11.5 Å². The van der Waals surface area contributed by atoms with E-state index >= 15 is 0 Å². The minimum atomic E-state index is -4.39. The third-order valence-corrected chi connectivity index (χ3v) is 5.01. The number of halogens is 3. The lowest BCUT2D eigenvalue weighted by molar-refractivity contribution is -0.137. The van der Waals surface area contributed by atoms with Gasteiger partial charge in [0, 0.05) is 17.7 Å². The number of aromatic nitrogens is 2. The van der Waals surface area contributed by atoms with Crippen molar-refractivity contribution in [1.29, 1.82) is 0 Å². The molecule has 1 aromatic heterocycles. The van der Waals surface area contributed by atoms with Crippen LogP contribution in [-0.2, 0) is 12.7 Å². The lowest BCUT2D eigenvalue weighted by Crippen LogP contribution is -2.05. The fourth-order valence-corrected chi connectivity index (χ4v) is 3.43. The van der Waals surface area contributed by atoms with E-state index < -0.39 is 11.7 Å². The van der Waals surface area contributed by atoms with Crippen LogP contribution in [0.3, 0.4) is 0 Å². The van der Waals surface area contributed by atoms with Crippen LogP contribution in [0.2, 0.25) is 0 Å². The van der Waals surface area contributed by atoms with Crippen LogP contribution in [0, 0.1) is 0 Å². The molecule has 0 saturated carbocycles. The van der Waals surface area contributed by atoms with Crippen molar-refractivity contribution >= 4 is 0 Å².